The predicted octanol–water partition coefficient (Wildman–Crippen LogP) is 0.236. The highest BCUT2D eigenvalue weighted by atomic mass is 32.3. The summed E-state index contributed by atoms with van der Waals surface area (Å²) in [4.78, 5) is 9.98. The van der Waals surface area contributed by atoms with Gasteiger partial charge in [-0.1, -0.05) is 6.07 Å². The van der Waals surface area contributed by atoms with Crippen LogP contribution < -0.4 is 16.0 Å². The van der Waals surface area contributed by atoms with E-state index in [-0.39, 0.29) is 11.4 Å². The summed E-state index contributed by atoms with van der Waals surface area (Å²) in [7, 11) is -3.32. The number of nitrogens with zero attached hydrogens (tertiary/aromatic N) is 1. The molecule has 0 heterocycles. The third kappa shape index (κ3) is 5.95. The minimum Gasteiger partial charge on any atom is -0.489 e. The van der Waals surface area contributed by atoms with E-state index in [1.54, 1.807) is 6.07 Å². The third-order valence-corrected chi connectivity index (χ3v) is 1.55. The summed E-state index contributed by atoms with van der Waals surface area (Å²) in [5.41, 5.74) is 2.59. The maximum Gasteiger partial charge on any atom is 0.394 e. The van der Waals surface area contributed by atoms with E-state index in [9.17, 15) is 10.1 Å². The van der Waals surface area contributed by atoms with Gasteiger partial charge in [0.2, 0.25) is 5.75 Å². The molecule has 0 aliphatic rings. The van der Waals surface area contributed by atoms with Gasteiger partial charge < -0.3 is 10.2 Å². The van der Waals surface area contributed by atoms with E-state index in [0.717, 1.165) is 0 Å². The topological polar surface area (TPSA) is 165 Å². The van der Waals surface area contributed by atoms with E-state index in [1.165, 1.54) is 19.2 Å². The van der Waals surface area contributed by atoms with Crippen molar-refractivity contribution in [2.45, 2.75) is 0 Å². The van der Waals surface area contributed by atoms with Crippen LogP contribution in [0.2, 0.25) is 0 Å². The number of benzene rings is 1. The fourth-order valence-corrected chi connectivity index (χ4v) is 0.997. The number of hydrazine groups is 1. The Morgan fingerprint density at radius 1 is 1.44 bits per heavy atom. The lowest BCUT2D eigenvalue weighted by molar-refractivity contribution is -0.385. The van der Waals surface area contributed by atoms with Crippen molar-refractivity contribution in [2.75, 3.05) is 12.5 Å². The smallest absolute Gasteiger partial charge is 0.394 e. The number of anilines is 1. The summed E-state index contributed by atoms with van der Waals surface area (Å²) in [5.74, 6) is 5.28. The van der Waals surface area contributed by atoms with Crippen LogP contribution in [0.5, 0.6) is 5.75 Å². The van der Waals surface area contributed by atoms with Gasteiger partial charge in [0.1, 0.15) is 0 Å². The Balaban J connectivity index is 0.000000494. The summed E-state index contributed by atoms with van der Waals surface area (Å²) in [6.07, 6.45) is 0. The maximum absolute atomic E-state index is 10.5. The summed E-state index contributed by atoms with van der Waals surface area (Å²) >= 11 is 0. The van der Waals surface area contributed by atoms with Crippen LogP contribution in [0.4, 0.5) is 11.4 Å². The Hall–Kier alpha value is -1.95. The number of nitrogen functional groups attached to an aromatic ring is 1. The van der Waals surface area contributed by atoms with Crippen LogP contribution in [0.1, 0.15) is 0 Å². The lowest BCUT2D eigenvalue weighted by atomic mass is 10.2. The van der Waals surface area contributed by atoms with E-state index in [0.29, 0.717) is 5.69 Å². The van der Waals surface area contributed by atoms with Crippen LogP contribution in [0.3, 0.4) is 0 Å². The molecule has 0 fully saturated rings. The zero-order valence-electron chi connectivity index (χ0n) is 9.10. The first-order valence-corrected chi connectivity index (χ1v) is 5.58. The predicted molar refractivity (Wildman–Crippen MR) is 61.6 cm³/mol. The SMILES string of the molecule is COc1c(NN)cccc1[N+](=O)[O-].O=S(=O)(O)O. The molecule has 0 saturated carbocycles. The molecule has 1 aromatic carbocycles. The van der Waals surface area contributed by atoms with Crippen molar-refractivity contribution in [2.24, 2.45) is 5.84 Å². The number of nitrogens with one attached hydrogen (secondary N) is 1. The van der Waals surface area contributed by atoms with Crippen molar-refractivity contribution in [3.8, 4) is 5.75 Å². The maximum atomic E-state index is 10.5. The zero-order valence-corrected chi connectivity index (χ0v) is 9.92. The van der Waals surface area contributed by atoms with Crippen molar-refractivity contribution in [1.82, 2.24) is 0 Å². The molecule has 11 heteroatoms. The third-order valence-electron chi connectivity index (χ3n) is 1.55. The van der Waals surface area contributed by atoms with Gasteiger partial charge in [0.25, 0.3) is 0 Å². The van der Waals surface area contributed by atoms with Crippen LogP contribution in [-0.4, -0.2) is 29.6 Å². The molecule has 0 amide bonds. The number of nitro benzene ring substituents is 1. The summed E-state index contributed by atoms with van der Waals surface area (Å²) in [6.45, 7) is 0. The number of rotatable bonds is 3. The molecule has 1 aromatic rings. The molecule has 0 radical (unpaired) electrons. The van der Waals surface area contributed by atoms with E-state index in [4.69, 9.17) is 28.1 Å². The van der Waals surface area contributed by atoms with Crippen LogP contribution in [0.15, 0.2) is 18.2 Å². The summed E-state index contributed by atoms with van der Waals surface area (Å²) < 4.78 is 36.4. The average Bonchev–Trinajstić information content (AvgIpc) is 2.25. The molecule has 0 bridgehead atoms. The van der Waals surface area contributed by atoms with Crippen molar-refractivity contribution in [1.29, 1.82) is 0 Å². The quantitative estimate of drug-likeness (QED) is 0.262. The highest BCUT2D eigenvalue weighted by molar-refractivity contribution is 7.79. The van der Waals surface area contributed by atoms with E-state index < -0.39 is 15.3 Å². The first-order valence-electron chi connectivity index (χ1n) is 4.18. The van der Waals surface area contributed by atoms with Crippen LogP contribution in [0, 0.1) is 10.1 Å². The van der Waals surface area contributed by atoms with E-state index >= 15 is 0 Å². The molecule has 18 heavy (non-hydrogen) atoms. The minimum absolute atomic E-state index is 0.113. The Kier molecular flexibility index (Phi) is 5.98. The molecule has 0 aliphatic heterocycles. The van der Waals surface area contributed by atoms with Gasteiger partial charge in [-0.15, -0.1) is 0 Å². The number of ether oxygens (including phenoxy) is 1. The summed E-state index contributed by atoms with van der Waals surface area (Å²) in [5, 5.41) is 10.5. The number of hydrogen-bond acceptors (Lipinski definition) is 7. The lowest BCUT2D eigenvalue weighted by Gasteiger charge is -2.06. The normalized spacial score (nSPS) is 10.0. The number of methoxy groups -OCH3 is 1. The van der Waals surface area contributed by atoms with Gasteiger partial charge in [0.15, 0.2) is 0 Å². The fourth-order valence-electron chi connectivity index (χ4n) is 0.997. The van der Waals surface area contributed by atoms with Gasteiger partial charge in [0, 0.05) is 6.07 Å². The Morgan fingerprint density at radius 2 is 1.94 bits per heavy atom. The van der Waals surface area contributed by atoms with Crippen molar-refractivity contribution in [3.05, 3.63) is 28.3 Å². The second-order valence-corrected chi connectivity index (χ2v) is 3.60. The molecule has 0 aliphatic carbocycles. The molecule has 10 nitrogen and oxygen atoms in total. The van der Waals surface area contributed by atoms with Gasteiger partial charge >= 0.3 is 16.1 Å². The molecule has 102 valence electrons. The molecule has 5 N–H and O–H groups in total. The highest BCUT2D eigenvalue weighted by Crippen LogP contribution is 2.33. The second kappa shape index (κ2) is 6.70. The van der Waals surface area contributed by atoms with E-state index in [2.05, 4.69) is 5.43 Å². The van der Waals surface area contributed by atoms with Crippen molar-refractivity contribution in [3.63, 3.8) is 0 Å². The Morgan fingerprint density at radius 3 is 2.28 bits per heavy atom. The molecule has 0 aromatic heterocycles. The molecule has 0 spiro atoms. The Bertz CT molecular complexity index is 508. The molecular formula is C7H11N3O7S. The van der Waals surface area contributed by atoms with Crippen LogP contribution >= 0.6 is 0 Å². The first-order chi connectivity index (χ1) is 8.20. The van der Waals surface area contributed by atoms with Gasteiger partial charge in [-0.2, -0.15) is 8.42 Å². The largest absolute Gasteiger partial charge is 0.489 e. The van der Waals surface area contributed by atoms with Crippen molar-refractivity contribution >= 4 is 21.8 Å². The first kappa shape index (κ1) is 16.1. The van der Waals surface area contributed by atoms with Gasteiger partial charge in [0.05, 0.1) is 17.7 Å². The second-order valence-electron chi connectivity index (χ2n) is 2.71. The average molecular weight is 281 g/mol. The van der Waals surface area contributed by atoms with Crippen LogP contribution in [0.25, 0.3) is 0 Å². The molecule has 1 rings (SSSR count). The van der Waals surface area contributed by atoms with Crippen molar-refractivity contribution < 1.29 is 27.2 Å². The number of nitro groups is 1. The number of nitrogens with two attached hydrogens (primary N) is 1. The van der Waals surface area contributed by atoms with Gasteiger partial charge in [-0.3, -0.25) is 25.1 Å². The molecule has 0 saturated heterocycles. The monoisotopic (exact) mass is 281 g/mol. The zero-order chi connectivity index (χ0) is 14.3. The van der Waals surface area contributed by atoms with Crippen LogP contribution in [-0.2, 0) is 10.4 Å². The standard InChI is InChI=1S/C7H9N3O3.H2O4S/c1-13-7-5(9-8)3-2-4-6(7)10(11)12;1-5(2,3)4/h2-4,9H,8H2,1H3;(H2,1,2,3,4). The van der Waals surface area contributed by atoms with Gasteiger partial charge in [-0.25, -0.2) is 0 Å². The highest BCUT2D eigenvalue weighted by Gasteiger charge is 2.17. The fraction of sp³-hybridized carbons (Fsp3) is 0.143. The Labute approximate surface area is 102 Å². The van der Waals surface area contributed by atoms with Gasteiger partial charge in [-0.05, 0) is 6.07 Å². The molecule has 0 atom stereocenters. The molecular weight excluding hydrogens is 270 g/mol. The lowest BCUT2D eigenvalue weighted by Crippen LogP contribution is -2.08. The minimum atomic E-state index is -4.67. The summed E-state index contributed by atoms with van der Waals surface area (Å²) in [6, 6.07) is 4.46. The van der Waals surface area contributed by atoms with E-state index in [1.807, 2.05) is 0 Å². The molecule has 0 unspecified atom stereocenters. The number of para-hydroxylation sites is 1. The number of hydrogen-bond donors (Lipinski definition) is 4.